The monoisotopic (exact) mass is 536 g/mol. The average molecular weight is 537 g/mol. The van der Waals surface area contributed by atoms with E-state index in [1.165, 1.54) is 23.8 Å². The van der Waals surface area contributed by atoms with Gasteiger partial charge in [0.05, 0.1) is 20.2 Å². The predicted molar refractivity (Wildman–Crippen MR) is 138 cm³/mol. The van der Waals surface area contributed by atoms with E-state index in [0.29, 0.717) is 29.7 Å². The molecular formula is C27H26BrFN4O2. The molecule has 0 amide bonds. The number of hydrogen-bond donors (Lipinski definition) is 1. The third kappa shape index (κ3) is 5.09. The number of rotatable bonds is 7. The SMILES string of the molecule is COc1ccc(Br)c(CNC2=NCC3=C2CN(Cc2ccc(Cn4ccccc4=O)cc2)C3)c1F. The van der Waals surface area contributed by atoms with E-state index in [-0.39, 0.29) is 17.1 Å². The lowest BCUT2D eigenvalue weighted by molar-refractivity contribution is 0.337. The van der Waals surface area contributed by atoms with E-state index in [9.17, 15) is 9.18 Å². The van der Waals surface area contributed by atoms with Crippen LogP contribution in [0.3, 0.4) is 0 Å². The molecule has 6 nitrogen and oxygen atoms in total. The highest BCUT2D eigenvalue weighted by atomic mass is 79.9. The Kier molecular flexibility index (Phi) is 6.83. The molecule has 3 heterocycles. The number of aliphatic imine (C=N–C) groups is 1. The number of amidine groups is 1. The third-order valence-electron chi connectivity index (χ3n) is 6.42. The molecule has 2 aromatic carbocycles. The minimum absolute atomic E-state index is 0.00167. The molecule has 0 bridgehead atoms. The maximum atomic E-state index is 14.7. The number of nitrogens with zero attached hydrogens (tertiary/aromatic N) is 3. The van der Waals surface area contributed by atoms with Crippen LogP contribution in [0.4, 0.5) is 4.39 Å². The van der Waals surface area contributed by atoms with Gasteiger partial charge in [-0.2, -0.15) is 0 Å². The summed E-state index contributed by atoms with van der Waals surface area (Å²) in [6.07, 6.45) is 1.81. The highest BCUT2D eigenvalue weighted by Crippen LogP contribution is 2.29. The van der Waals surface area contributed by atoms with E-state index in [2.05, 4.69) is 55.4 Å². The van der Waals surface area contributed by atoms with Crippen LogP contribution in [0.1, 0.15) is 16.7 Å². The molecule has 8 heteroatoms. The summed E-state index contributed by atoms with van der Waals surface area (Å²) in [7, 11) is 1.47. The summed E-state index contributed by atoms with van der Waals surface area (Å²) in [5.74, 6) is 0.711. The van der Waals surface area contributed by atoms with Crippen LogP contribution in [-0.4, -0.2) is 42.0 Å². The summed E-state index contributed by atoms with van der Waals surface area (Å²) < 4.78 is 22.2. The average Bonchev–Trinajstić information content (AvgIpc) is 3.42. The Bertz CT molecular complexity index is 1360. The number of aromatic nitrogens is 1. The molecule has 1 aromatic heterocycles. The molecule has 2 aliphatic heterocycles. The van der Waals surface area contributed by atoms with Gasteiger partial charge in [0.2, 0.25) is 0 Å². The van der Waals surface area contributed by atoms with E-state index in [4.69, 9.17) is 4.74 Å². The van der Waals surface area contributed by atoms with Crippen molar-refractivity contribution in [3.8, 4) is 5.75 Å². The molecule has 0 aliphatic carbocycles. The number of methoxy groups -OCH3 is 1. The van der Waals surface area contributed by atoms with Crippen molar-refractivity contribution in [2.24, 2.45) is 4.99 Å². The summed E-state index contributed by atoms with van der Waals surface area (Å²) in [6, 6.07) is 17.0. The van der Waals surface area contributed by atoms with Gasteiger partial charge in [0, 0.05) is 54.1 Å². The van der Waals surface area contributed by atoms with Gasteiger partial charge < -0.3 is 14.6 Å². The fourth-order valence-corrected chi connectivity index (χ4v) is 5.00. The molecule has 1 N–H and O–H groups in total. The molecule has 5 rings (SSSR count). The Hall–Kier alpha value is -3.23. The van der Waals surface area contributed by atoms with Gasteiger partial charge in [-0.1, -0.05) is 46.3 Å². The fraction of sp³-hybridized carbons (Fsp3) is 0.259. The second kappa shape index (κ2) is 10.2. The summed E-state index contributed by atoms with van der Waals surface area (Å²) in [6.45, 7) is 4.09. The molecule has 0 atom stereocenters. The van der Waals surface area contributed by atoms with Crippen LogP contribution in [0.25, 0.3) is 0 Å². The Labute approximate surface area is 211 Å². The number of hydrogen-bond acceptors (Lipinski definition) is 5. The molecule has 2 aliphatic rings. The smallest absolute Gasteiger partial charge is 0.250 e. The van der Waals surface area contributed by atoms with Crippen LogP contribution in [-0.2, 0) is 19.6 Å². The lowest BCUT2D eigenvalue weighted by Gasteiger charge is -2.18. The number of halogens is 2. The first kappa shape index (κ1) is 23.5. The maximum absolute atomic E-state index is 14.7. The molecule has 35 heavy (non-hydrogen) atoms. The Morgan fingerprint density at radius 3 is 2.57 bits per heavy atom. The molecule has 0 saturated carbocycles. The minimum Gasteiger partial charge on any atom is -0.494 e. The van der Waals surface area contributed by atoms with Gasteiger partial charge in [0.1, 0.15) is 5.84 Å². The molecule has 0 spiro atoms. The first-order chi connectivity index (χ1) is 17.0. The van der Waals surface area contributed by atoms with Gasteiger partial charge in [-0.3, -0.25) is 14.7 Å². The lowest BCUT2D eigenvalue weighted by atomic mass is 10.1. The van der Waals surface area contributed by atoms with Crippen molar-refractivity contribution in [2.45, 2.75) is 19.6 Å². The minimum atomic E-state index is -0.365. The van der Waals surface area contributed by atoms with Gasteiger partial charge in [0.25, 0.3) is 5.56 Å². The molecule has 0 unspecified atom stereocenters. The molecule has 3 aromatic rings. The summed E-state index contributed by atoms with van der Waals surface area (Å²) >= 11 is 3.44. The zero-order chi connectivity index (χ0) is 24.4. The lowest BCUT2D eigenvalue weighted by Crippen LogP contribution is -2.29. The van der Waals surface area contributed by atoms with Crippen molar-refractivity contribution >= 4 is 21.8 Å². The molecular weight excluding hydrogens is 511 g/mol. The molecule has 0 radical (unpaired) electrons. The van der Waals surface area contributed by atoms with Crippen LogP contribution in [0, 0.1) is 5.82 Å². The van der Waals surface area contributed by atoms with E-state index in [1.54, 1.807) is 28.8 Å². The van der Waals surface area contributed by atoms with Gasteiger partial charge in [-0.05, 0) is 34.9 Å². The summed E-state index contributed by atoms with van der Waals surface area (Å²) in [5, 5.41) is 3.33. The van der Waals surface area contributed by atoms with E-state index in [1.807, 2.05) is 12.3 Å². The Balaban J connectivity index is 1.18. The maximum Gasteiger partial charge on any atom is 0.250 e. The largest absolute Gasteiger partial charge is 0.494 e. The third-order valence-corrected chi connectivity index (χ3v) is 7.16. The highest BCUT2D eigenvalue weighted by Gasteiger charge is 2.29. The standard InChI is InChI=1S/C27H26BrFN4O2/c1-35-24-10-9-23(28)21(26(24)29)13-31-27-22-17-32(16-20(22)12-30-27)14-18-5-7-19(8-6-18)15-33-11-3-2-4-25(33)34/h2-11H,12-17H2,1H3,(H,30,31). The topological polar surface area (TPSA) is 58.9 Å². The van der Waals surface area contributed by atoms with Gasteiger partial charge >= 0.3 is 0 Å². The zero-order valence-electron chi connectivity index (χ0n) is 19.4. The van der Waals surface area contributed by atoms with Crippen molar-refractivity contribution in [3.63, 3.8) is 0 Å². The zero-order valence-corrected chi connectivity index (χ0v) is 21.0. The molecule has 0 saturated heterocycles. The van der Waals surface area contributed by atoms with Gasteiger partial charge in [-0.25, -0.2) is 4.39 Å². The highest BCUT2D eigenvalue weighted by molar-refractivity contribution is 9.10. The molecule has 180 valence electrons. The predicted octanol–water partition coefficient (Wildman–Crippen LogP) is 4.12. The van der Waals surface area contributed by atoms with Gasteiger partial charge in [0.15, 0.2) is 11.6 Å². The second-order valence-electron chi connectivity index (χ2n) is 8.77. The van der Waals surface area contributed by atoms with Crippen molar-refractivity contribution in [3.05, 3.63) is 109 Å². The van der Waals surface area contributed by atoms with Gasteiger partial charge in [-0.15, -0.1) is 0 Å². The van der Waals surface area contributed by atoms with Crippen LogP contribution in [0.5, 0.6) is 5.75 Å². The Morgan fingerprint density at radius 1 is 1.06 bits per heavy atom. The first-order valence-electron chi connectivity index (χ1n) is 11.5. The van der Waals surface area contributed by atoms with Crippen LogP contribution >= 0.6 is 15.9 Å². The van der Waals surface area contributed by atoms with Crippen molar-refractivity contribution in [2.75, 3.05) is 26.7 Å². The van der Waals surface area contributed by atoms with Crippen molar-refractivity contribution in [1.82, 2.24) is 14.8 Å². The van der Waals surface area contributed by atoms with Crippen LogP contribution in [0.2, 0.25) is 0 Å². The van der Waals surface area contributed by atoms with Crippen molar-refractivity contribution < 1.29 is 9.13 Å². The van der Waals surface area contributed by atoms with Crippen molar-refractivity contribution in [1.29, 1.82) is 0 Å². The van der Waals surface area contributed by atoms with Crippen LogP contribution in [0.15, 0.2) is 86.2 Å². The normalized spacial score (nSPS) is 15.3. The first-order valence-corrected chi connectivity index (χ1v) is 12.3. The summed E-state index contributed by atoms with van der Waals surface area (Å²) in [5.41, 5.74) is 5.38. The summed E-state index contributed by atoms with van der Waals surface area (Å²) in [4.78, 5) is 19.0. The number of ether oxygens (including phenoxy) is 1. The molecule has 0 fully saturated rings. The fourth-order valence-electron chi connectivity index (χ4n) is 4.55. The second-order valence-corrected chi connectivity index (χ2v) is 9.63. The van der Waals surface area contributed by atoms with E-state index in [0.717, 1.165) is 31.0 Å². The number of nitrogens with one attached hydrogen (secondary N) is 1. The van der Waals surface area contributed by atoms with Crippen LogP contribution < -0.4 is 15.6 Å². The Morgan fingerprint density at radius 2 is 1.83 bits per heavy atom. The quantitative estimate of drug-likeness (QED) is 0.493. The number of pyridine rings is 1. The van der Waals surface area contributed by atoms with E-state index < -0.39 is 0 Å². The van der Waals surface area contributed by atoms with E-state index >= 15 is 0 Å². The number of benzene rings is 2.